The first-order valence-electron chi connectivity index (χ1n) is 5.78. The lowest BCUT2D eigenvalue weighted by molar-refractivity contribution is 0.0903. The molecule has 0 aliphatic carbocycles. The molecule has 0 spiro atoms. The van der Waals surface area contributed by atoms with Gasteiger partial charge in [-0.1, -0.05) is 12.1 Å². The third-order valence-electron chi connectivity index (χ3n) is 2.48. The van der Waals surface area contributed by atoms with E-state index in [0.29, 0.717) is 11.7 Å². The number of aromatic nitrogens is 2. The Morgan fingerprint density at radius 2 is 2.25 bits per heavy atom. The van der Waals surface area contributed by atoms with Gasteiger partial charge in [0.15, 0.2) is 0 Å². The van der Waals surface area contributed by atoms with Gasteiger partial charge in [-0.05, 0) is 26.2 Å². The summed E-state index contributed by atoms with van der Waals surface area (Å²) in [5.41, 5.74) is 5.67. The first kappa shape index (κ1) is 13.1. The second-order valence-electron chi connectivity index (χ2n) is 4.05. The molecule has 2 atom stereocenters. The molecule has 1 heterocycles. The fourth-order valence-corrected chi connectivity index (χ4v) is 1.53. The average molecular weight is 227 g/mol. The van der Waals surface area contributed by atoms with Crippen LogP contribution in [0.5, 0.6) is 0 Å². The van der Waals surface area contributed by atoms with Crippen LogP contribution >= 0.6 is 0 Å². The Morgan fingerprint density at radius 3 is 2.81 bits per heavy atom. The van der Waals surface area contributed by atoms with E-state index >= 15 is 0 Å². The molecule has 0 amide bonds. The number of rotatable bonds is 7. The van der Waals surface area contributed by atoms with Gasteiger partial charge in [-0.2, -0.15) is 4.98 Å². The monoisotopic (exact) mass is 227 g/mol. The molecule has 1 aromatic rings. The molecule has 1 rings (SSSR count). The smallest absolute Gasteiger partial charge is 0.226 e. The van der Waals surface area contributed by atoms with E-state index in [9.17, 15) is 0 Å². The summed E-state index contributed by atoms with van der Waals surface area (Å²) in [6.07, 6.45) is 3.51. The van der Waals surface area contributed by atoms with Gasteiger partial charge in [0.25, 0.3) is 0 Å². The van der Waals surface area contributed by atoms with Gasteiger partial charge in [0, 0.05) is 19.6 Å². The molecule has 0 saturated heterocycles. The predicted molar refractivity (Wildman–Crippen MR) is 60.9 cm³/mol. The lowest BCUT2D eigenvalue weighted by Gasteiger charge is -2.06. The van der Waals surface area contributed by atoms with Crippen LogP contribution in [-0.4, -0.2) is 23.3 Å². The van der Waals surface area contributed by atoms with Gasteiger partial charge in [0.05, 0.1) is 0 Å². The molecule has 0 aliphatic rings. The van der Waals surface area contributed by atoms with Crippen molar-refractivity contribution in [2.75, 3.05) is 7.11 Å². The van der Waals surface area contributed by atoms with Crippen LogP contribution in [0.15, 0.2) is 4.52 Å². The van der Waals surface area contributed by atoms with E-state index in [2.05, 4.69) is 10.1 Å². The highest BCUT2D eigenvalue weighted by atomic mass is 16.5. The fourth-order valence-electron chi connectivity index (χ4n) is 1.53. The maximum atomic E-state index is 5.67. The van der Waals surface area contributed by atoms with Gasteiger partial charge in [-0.3, -0.25) is 0 Å². The molecule has 0 aliphatic heterocycles. The van der Waals surface area contributed by atoms with Crippen molar-refractivity contribution in [3.8, 4) is 0 Å². The zero-order valence-electron chi connectivity index (χ0n) is 10.3. The van der Waals surface area contributed by atoms with E-state index in [1.807, 2.05) is 13.8 Å². The summed E-state index contributed by atoms with van der Waals surface area (Å²) < 4.78 is 10.4. The number of methoxy groups -OCH3 is 1. The summed E-state index contributed by atoms with van der Waals surface area (Å²) in [5.74, 6) is 1.31. The maximum absolute atomic E-state index is 5.67. The standard InChI is InChI=1S/C11H21N3O2/c1-4-9(15-3)11-13-10(16-14-11)7-5-6-8(2)12/h8-9H,4-7,12H2,1-3H3. The molecule has 92 valence electrons. The third kappa shape index (κ3) is 3.90. The number of aryl methyl sites for hydroxylation is 1. The van der Waals surface area contributed by atoms with Crippen LogP contribution in [-0.2, 0) is 11.2 Å². The Bertz CT molecular complexity index is 295. The molecule has 0 fully saturated rings. The van der Waals surface area contributed by atoms with Crippen LogP contribution in [0.3, 0.4) is 0 Å². The van der Waals surface area contributed by atoms with Crippen LogP contribution in [0.4, 0.5) is 0 Å². The molecule has 5 heteroatoms. The summed E-state index contributed by atoms with van der Waals surface area (Å²) >= 11 is 0. The van der Waals surface area contributed by atoms with E-state index in [1.54, 1.807) is 7.11 Å². The molecule has 1 aromatic heterocycles. The van der Waals surface area contributed by atoms with Crippen molar-refractivity contribution in [3.05, 3.63) is 11.7 Å². The van der Waals surface area contributed by atoms with E-state index < -0.39 is 0 Å². The van der Waals surface area contributed by atoms with E-state index in [-0.39, 0.29) is 12.1 Å². The second kappa shape index (κ2) is 6.60. The van der Waals surface area contributed by atoms with Gasteiger partial charge in [-0.25, -0.2) is 0 Å². The molecule has 2 N–H and O–H groups in total. The van der Waals surface area contributed by atoms with E-state index in [1.165, 1.54) is 0 Å². The van der Waals surface area contributed by atoms with Gasteiger partial charge in [0.1, 0.15) is 6.10 Å². The Morgan fingerprint density at radius 1 is 1.50 bits per heavy atom. The van der Waals surface area contributed by atoms with Gasteiger partial charge in [-0.15, -0.1) is 0 Å². The average Bonchev–Trinajstić information content (AvgIpc) is 2.68. The van der Waals surface area contributed by atoms with Crippen LogP contribution in [0.25, 0.3) is 0 Å². The van der Waals surface area contributed by atoms with Gasteiger partial charge >= 0.3 is 0 Å². The Hall–Kier alpha value is -0.940. The van der Waals surface area contributed by atoms with Gasteiger partial charge in [0.2, 0.25) is 11.7 Å². The highest BCUT2D eigenvalue weighted by Gasteiger charge is 2.15. The van der Waals surface area contributed by atoms with Crippen molar-refractivity contribution in [3.63, 3.8) is 0 Å². The summed E-state index contributed by atoms with van der Waals surface area (Å²) in [7, 11) is 1.65. The van der Waals surface area contributed by atoms with Crippen molar-refractivity contribution in [1.82, 2.24) is 10.1 Å². The number of nitrogens with two attached hydrogens (primary N) is 1. The lowest BCUT2D eigenvalue weighted by atomic mass is 10.1. The minimum Gasteiger partial charge on any atom is -0.373 e. The zero-order chi connectivity index (χ0) is 12.0. The van der Waals surface area contributed by atoms with Crippen LogP contribution in [0, 0.1) is 0 Å². The van der Waals surface area contributed by atoms with Crippen molar-refractivity contribution in [2.45, 2.75) is 51.7 Å². The molecular weight excluding hydrogens is 206 g/mol. The summed E-state index contributed by atoms with van der Waals surface area (Å²) in [5, 5.41) is 3.91. The van der Waals surface area contributed by atoms with E-state index in [4.69, 9.17) is 15.0 Å². The molecule has 0 saturated carbocycles. The minimum atomic E-state index is -0.0640. The third-order valence-corrected chi connectivity index (χ3v) is 2.48. The van der Waals surface area contributed by atoms with Crippen LogP contribution < -0.4 is 5.73 Å². The highest BCUT2D eigenvalue weighted by molar-refractivity contribution is 4.91. The van der Waals surface area contributed by atoms with Crippen molar-refractivity contribution < 1.29 is 9.26 Å². The molecule has 0 bridgehead atoms. The Kier molecular flexibility index (Phi) is 5.42. The first-order chi connectivity index (χ1) is 7.67. The van der Waals surface area contributed by atoms with Crippen LogP contribution in [0.1, 0.15) is 50.9 Å². The Balaban J connectivity index is 2.44. The predicted octanol–water partition coefficient (Wildman–Crippen LogP) is 1.84. The summed E-state index contributed by atoms with van der Waals surface area (Å²) in [4.78, 5) is 4.31. The summed E-state index contributed by atoms with van der Waals surface area (Å²) in [6, 6.07) is 0.227. The largest absolute Gasteiger partial charge is 0.373 e. The SMILES string of the molecule is CCC(OC)c1noc(CCCC(C)N)n1. The first-order valence-corrected chi connectivity index (χ1v) is 5.78. The molecular formula is C11H21N3O2. The second-order valence-corrected chi connectivity index (χ2v) is 4.05. The quantitative estimate of drug-likeness (QED) is 0.769. The number of hydrogen-bond donors (Lipinski definition) is 1. The normalized spacial score (nSPS) is 15.0. The van der Waals surface area contributed by atoms with E-state index in [0.717, 1.165) is 25.7 Å². The van der Waals surface area contributed by atoms with Gasteiger partial charge < -0.3 is 15.0 Å². The van der Waals surface area contributed by atoms with Crippen molar-refractivity contribution in [2.24, 2.45) is 5.73 Å². The zero-order valence-corrected chi connectivity index (χ0v) is 10.3. The minimum absolute atomic E-state index is 0.0640. The number of ether oxygens (including phenoxy) is 1. The summed E-state index contributed by atoms with van der Waals surface area (Å²) in [6.45, 7) is 4.03. The topological polar surface area (TPSA) is 74.2 Å². The maximum Gasteiger partial charge on any atom is 0.226 e. The molecule has 5 nitrogen and oxygen atoms in total. The molecule has 2 unspecified atom stereocenters. The molecule has 16 heavy (non-hydrogen) atoms. The van der Waals surface area contributed by atoms with Crippen molar-refractivity contribution in [1.29, 1.82) is 0 Å². The lowest BCUT2D eigenvalue weighted by Crippen LogP contribution is -2.14. The number of hydrogen-bond acceptors (Lipinski definition) is 5. The highest BCUT2D eigenvalue weighted by Crippen LogP contribution is 2.17. The van der Waals surface area contributed by atoms with Crippen LogP contribution in [0.2, 0.25) is 0 Å². The molecule has 0 aromatic carbocycles. The molecule has 0 radical (unpaired) electrons. The Labute approximate surface area is 96.4 Å². The number of nitrogens with zero attached hydrogens (tertiary/aromatic N) is 2. The van der Waals surface area contributed by atoms with Crippen molar-refractivity contribution >= 4 is 0 Å². The fraction of sp³-hybridized carbons (Fsp3) is 0.818.